The number of hydrogen-bond donors (Lipinski definition) is 2. The van der Waals surface area contributed by atoms with Gasteiger partial charge in [-0.2, -0.15) is 0 Å². The Labute approximate surface area is 156 Å². The standard InChI is InChI=1S/C18H23N3O.2ClH/c19-15-5-8-18(20)17(13-15)14-3-6-16(7-4-14)22-12-11-21-9-1-2-10-21;;/h3-8,13H,1-2,9-12,19-20H2;2*1H. The molecule has 4 N–H and O–H groups in total. The Kier molecular flexibility index (Phi) is 8.19. The lowest BCUT2D eigenvalue weighted by Crippen LogP contribution is -2.25. The van der Waals surface area contributed by atoms with Crippen LogP contribution >= 0.6 is 24.8 Å². The molecule has 0 radical (unpaired) electrons. The van der Waals surface area contributed by atoms with Crippen LogP contribution in [-0.2, 0) is 0 Å². The number of halogens is 2. The minimum absolute atomic E-state index is 0. The highest BCUT2D eigenvalue weighted by Gasteiger charge is 2.10. The van der Waals surface area contributed by atoms with Crippen molar-refractivity contribution < 1.29 is 4.74 Å². The van der Waals surface area contributed by atoms with Gasteiger partial charge in [0.1, 0.15) is 12.4 Å². The molecule has 24 heavy (non-hydrogen) atoms. The average molecular weight is 370 g/mol. The van der Waals surface area contributed by atoms with E-state index in [1.165, 1.54) is 25.9 Å². The number of ether oxygens (including phenoxy) is 1. The van der Waals surface area contributed by atoms with Crippen LogP contribution in [0.3, 0.4) is 0 Å². The molecule has 0 bridgehead atoms. The molecule has 2 aromatic carbocycles. The summed E-state index contributed by atoms with van der Waals surface area (Å²) in [6.45, 7) is 4.15. The lowest BCUT2D eigenvalue weighted by Gasteiger charge is -2.15. The largest absolute Gasteiger partial charge is 0.492 e. The van der Waals surface area contributed by atoms with Crippen molar-refractivity contribution in [2.75, 3.05) is 37.7 Å². The van der Waals surface area contributed by atoms with Gasteiger partial charge in [-0.3, -0.25) is 4.90 Å². The number of nitrogens with zero attached hydrogens (tertiary/aromatic N) is 1. The highest BCUT2D eigenvalue weighted by atomic mass is 35.5. The van der Waals surface area contributed by atoms with E-state index in [-0.39, 0.29) is 24.8 Å². The Balaban J connectivity index is 0.00000144. The molecular formula is C18H25Cl2N3O. The van der Waals surface area contributed by atoms with E-state index in [4.69, 9.17) is 16.2 Å². The monoisotopic (exact) mass is 369 g/mol. The van der Waals surface area contributed by atoms with Crippen LogP contribution < -0.4 is 16.2 Å². The van der Waals surface area contributed by atoms with E-state index in [2.05, 4.69) is 4.90 Å². The number of hydrogen-bond acceptors (Lipinski definition) is 4. The fourth-order valence-electron chi connectivity index (χ4n) is 2.85. The van der Waals surface area contributed by atoms with Gasteiger partial charge in [0.2, 0.25) is 0 Å². The Morgan fingerprint density at radius 1 is 0.917 bits per heavy atom. The van der Waals surface area contributed by atoms with Gasteiger partial charge < -0.3 is 16.2 Å². The zero-order chi connectivity index (χ0) is 15.4. The van der Waals surface area contributed by atoms with Gasteiger partial charge in [0, 0.05) is 23.5 Å². The van der Waals surface area contributed by atoms with E-state index in [1.807, 2.05) is 42.5 Å². The van der Waals surface area contributed by atoms with Crippen LogP contribution in [0.1, 0.15) is 12.8 Å². The molecule has 0 aliphatic carbocycles. The highest BCUT2D eigenvalue weighted by molar-refractivity contribution is 5.85. The van der Waals surface area contributed by atoms with E-state index in [0.717, 1.165) is 41.4 Å². The van der Waals surface area contributed by atoms with Crippen molar-refractivity contribution in [3.8, 4) is 16.9 Å². The highest BCUT2D eigenvalue weighted by Crippen LogP contribution is 2.29. The van der Waals surface area contributed by atoms with E-state index < -0.39 is 0 Å². The SMILES string of the molecule is Cl.Cl.Nc1ccc(N)c(-c2ccc(OCCN3CCCC3)cc2)c1. The third-order valence-electron chi connectivity index (χ3n) is 4.12. The van der Waals surface area contributed by atoms with Crippen LogP contribution in [0.15, 0.2) is 42.5 Å². The Morgan fingerprint density at radius 3 is 2.25 bits per heavy atom. The second-order valence-electron chi connectivity index (χ2n) is 5.77. The quantitative estimate of drug-likeness (QED) is 0.785. The van der Waals surface area contributed by atoms with Crippen LogP contribution in [0.2, 0.25) is 0 Å². The van der Waals surface area contributed by atoms with Crippen molar-refractivity contribution in [1.29, 1.82) is 0 Å². The third-order valence-corrected chi connectivity index (χ3v) is 4.12. The fraction of sp³-hybridized carbons (Fsp3) is 0.333. The van der Waals surface area contributed by atoms with E-state index in [1.54, 1.807) is 0 Å². The number of anilines is 2. The zero-order valence-electron chi connectivity index (χ0n) is 13.6. The lowest BCUT2D eigenvalue weighted by atomic mass is 10.0. The molecule has 0 spiro atoms. The first-order valence-corrected chi connectivity index (χ1v) is 7.83. The molecule has 0 amide bonds. The van der Waals surface area contributed by atoms with Crippen molar-refractivity contribution in [2.45, 2.75) is 12.8 Å². The summed E-state index contributed by atoms with van der Waals surface area (Å²) in [5, 5.41) is 0. The first-order valence-electron chi connectivity index (χ1n) is 7.83. The third kappa shape index (κ3) is 5.20. The van der Waals surface area contributed by atoms with Gasteiger partial charge in [0.15, 0.2) is 0 Å². The van der Waals surface area contributed by atoms with Crippen LogP contribution in [0.4, 0.5) is 11.4 Å². The predicted octanol–water partition coefficient (Wildman–Crippen LogP) is 3.84. The summed E-state index contributed by atoms with van der Waals surface area (Å²) in [4.78, 5) is 2.45. The Morgan fingerprint density at radius 2 is 1.58 bits per heavy atom. The number of nitrogen functional groups attached to an aromatic ring is 2. The smallest absolute Gasteiger partial charge is 0.119 e. The molecule has 0 saturated carbocycles. The Hall–Kier alpha value is -1.62. The van der Waals surface area contributed by atoms with Crippen LogP contribution in [0.5, 0.6) is 5.75 Å². The molecule has 0 unspecified atom stereocenters. The van der Waals surface area contributed by atoms with Gasteiger partial charge in [-0.05, 0) is 61.8 Å². The molecule has 1 aliphatic heterocycles. The normalized spacial score (nSPS) is 13.8. The maximum Gasteiger partial charge on any atom is 0.119 e. The minimum Gasteiger partial charge on any atom is -0.492 e. The summed E-state index contributed by atoms with van der Waals surface area (Å²) in [6.07, 6.45) is 2.63. The first kappa shape index (κ1) is 20.4. The second kappa shape index (κ2) is 9.62. The molecule has 1 fully saturated rings. The lowest BCUT2D eigenvalue weighted by molar-refractivity contribution is 0.238. The van der Waals surface area contributed by atoms with Crippen LogP contribution in [0, 0.1) is 0 Å². The first-order chi connectivity index (χ1) is 10.7. The molecule has 2 aromatic rings. The van der Waals surface area contributed by atoms with Gasteiger partial charge in [-0.15, -0.1) is 24.8 Å². The van der Waals surface area contributed by atoms with Gasteiger partial charge in [0.05, 0.1) is 0 Å². The molecule has 0 aromatic heterocycles. The Bertz CT molecular complexity index is 629. The predicted molar refractivity (Wildman–Crippen MR) is 106 cm³/mol. The van der Waals surface area contributed by atoms with Crippen molar-refractivity contribution >= 4 is 36.2 Å². The summed E-state index contributed by atoms with van der Waals surface area (Å²) < 4.78 is 5.82. The molecule has 1 saturated heterocycles. The molecule has 6 heteroatoms. The molecular weight excluding hydrogens is 345 g/mol. The number of likely N-dealkylation sites (tertiary alicyclic amines) is 1. The minimum atomic E-state index is 0. The van der Waals surface area contributed by atoms with Gasteiger partial charge in [0.25, 0.3) is 0 Å². The average Bonchev–Trinajstić information content (AvgIpc) is 3.04. The summed E-state index contributed by atoms with van der Waals surface area (Å²) in [5.74, 6) is 0.894. The fourth-order valence-corrected chi connectivity index (χ4v) is 2.85. The molecule has 3 rings (SSSR count). The molecule has 1 heterocycles. The van der Waals surface area contributed by atoms with E-state index in [9.17, 15) is 0 Å². The van der Waals surface area contributed by atoms with Crippen molar-refractivity contribution in [2.24, 2.45) is 0 Å². The summed E-state index contributed by atoms with van der Waals surface area (Å²) >= 11 is 0. The van der Waals surface area contributed by atoms with Crippen molar-refractivity contribution in [1.82, 2.24) is 4.90 Å². The molecule has 4 nitrogen and oxygen atoms in total. The summed E-state index contributed by atoms with van der Waals surface area (Å²) in [6, 6.07) is 13.6. The van der Waals surface area contributed by atoms with Gasteiger partial charge >= 0.3 is 0 Å². The van der Waals surface area contributed by atoms with E-state index in [0.29, 0.717) is 0 Å². The van der Waals surface area contributed by atoms with Gasteiger partial charge in [-0.25, -0.2) is 0 Å². The van der Waals surface area contributed by atoms with Crippen LogP contribution in [0.25, 0.3) is 11.1 Å². The summed E-state index contributed by atoms with van der Waals surface area (Å²) in [7, 11) is 0. The van der Waals surface area contributed by atoms with Crippen molar-refractivity contribution in [3.05, 3.63) is 42.5 Å². The van der Waals surface area contributed by atoms with Gasteiger partial charge in [-0.1, -0.05) is 12.1 Å². The number of rotatable bonds is 5. The van der Waals surface area contributed by atoms with Crippen molar-refractivity contribution in [3.63, 3.8) is 0 Å². The zero-order valence-corrected chi connectivity index (χ0v) is 15.2. The van der Waals surface area contributed by atoms with Crippen LogP contribution in [-0.4, -0.2) is 31.1 Å². The molecule has 0 atom stereocenters. The second-order valence-corrected chi connectivity index (χ2v) is 5.77. The summed E-state index contributed by atoms with van der Waals surface area (Å²) in [5.41, 5.74) is 15.3. The number of nitrogens with two attached hydrogens (primary N) is 2. The van der Waals surface area contributed by atoms with E-state index >= 15 is 0 Å². The number of benzene rings is 2. The maximum atomic E-state index is 6.02. The molecule has 132 valence electrons. The maximum absolute atomic E-state index is 6.02. The molecule has 1 aliphatic rings. The topological polar surface area (TPSA) is 64.5 Å².